The molecular weight excluding hydrogens is 118 g/mol. The molecule has 0 saturated heterocycles. The minimum absolute atomic E-state index is 0.102. The van der Waals surface area contributed by atoms with Crippen molar-refractivity contribution in [3.63, 3.8) is 0 Å². The summed E-state index contributed by atoms with van der Waals surface area (Å²) in [6.07, 6.45) is 1.72. The van der Waals surface area contributed by atoms with Crippen LogP contribution in [0.4, 0.5) is 0 Å². The maximum atomic E-state index is 10.7. The van der Waals surface area contributed by atoms with Crippen molar-refractivity contribution in [1.29, 1.82) is 0 Å². The summed E-state index contributed by atoms with van der Waals surface area (Å²) in [5, 5.41) is 5.14. The van der Waals surface area contributed by atoms with Gasteiger partial charge in [0.15, 0.2) is 0 Å². The first-order chi connectivity index (χ1) is 4.38. The van der Waals surface area contributed by atoms with Gasteiger partial charge in [-0.1, -0.05) is 0 Å². The van der Waals surface area contributed by atoms with Crippen LogP contribution in [0.5, 0.6) is 0 Å². The second-order valence-corrected chi connectivity index (χ2v) is 1.85. The quantitative estimate of drug-likeness (QED) is 0.459. The van der Waals surface area contributed by atoms with Crippen LogP contribution in [0.25, 0.3) is 11.0 Å². The lowest BCUT2D eigenvalue weighted by atomic mass is 10.5. The van der Waals surface area contributed by atoms with E-state index >= 15 is 0 Å². The number of fused-ring (bicyclic) bond motifs is 1. The fourth-order valence-electron chi connectivity index (χ4n) is 0.848. The van der Waals surface area contributed by atoms with Gasteiger partial charge in [0.1, 0.15) is 5.52 Å². The van der Waals surface area contributed by atoms with Gasteiger partial charge in [-0.2, -0.15) is 0 Å². The molecule has 9 heavy (non-hydrogen) atoms. The van der Waals surface area contributed by atoms with Crippen molar-refractivity contribution in [3.05, 3.63) is 22.6 Å². The van der Waals surface area contributed by atoms with E-state index in [0.717, 1.165) is 5.52 Å². The lowest BCUT2D eigenvalue weighted by Gasteiger charge is -1.64. The van der Waals surface area contributed by atoms with Crippen LogP contribution in [0.2, 0.25) is 0 Å². The van der Waals surface area contributed by atoms with Gasteiger partial charge >= 0.3 is 0 Å². The van der Waals surface area contributed by atoms with E-state index in [1.165, 1.54) is 0 Å². The Morgan fingerprint density at radius 2 is 2.22 bits per heavy atom. The van der Waals surface area contributed by atoms with Crippen molar-refractivity contribution in [2.75, 3.05) is 0 Å². The normalized spacial score (nSPS) is 10.7. The third-order valence-electron chi connectivity index (χ3n) is 1.28. The van der Waals surface area contributed by atoms with Crippen molar-refractivity contribution in [2.24, 2.45) is 0 Å². The van der Waals surface area contributed by atoms with E-state index in [9.17, 15) is 4.79 Å². The van der Waals surface area contributed by atoms with E-state index in [1.807, 2.05) is 0 Å². The fraction of sp³-hybridized carbons (Fsp3) is 0. The van der Waals surface area contributed by atoms with Crippen LogP contribution in [0.1, 0.15) is 0 Å². The zero-order chi connectivity index (χ0) is 6.27. The molecular formula is C5H5N3O. The van der Waals surface area contributed by atoms with Gasteiger partial charge in [0.2, 0.25) is 0 Å². The molecule has 0 spiro atoms. The summed E-state index contributed by atoms with van der Waals surface area (Å²) in [7, 11) is 0. The molecule has 0 unspecified atom stereocenters. The Bertz CT molecular complexity index is 366. The lowest BCUT2D eigenvalue weighted by molar-refractivity contribution is 1.07. The second-order valence-electron chi connectivity index (χ2n) is 1.85. The molecule has 46 valence electrons. The topological polar surface area (TPSA) is 64.4 Å². The summed E-state index contributed by atoms with van der Waals surface area (Å²) >= 11 is 0. The molecule has 0 amide bonds. The number of hydrogen-bond acceptors (Lipinski definition) is 1. The summed E-state index contributed by atoms with van der Waals surface area (Å²) in [6.45, 7) is 0. The van der Waals surface area contributed by atoms with Crippen molar-refractivity contribution >= 4 is 11.0 Å². The Balaban J connectivity index is 3.17. The van der Waals surface area contributed by atoms with Gasteiger partial charge in [-0.3, -0.25) is 15.0 Å². The van der Waals surface area contributed by atoms with E-state index in [0.29, 0.717) is 5.52 Å². The molecule has 3 N–H and O–H groups in total. The van der Waals surface area contributed by atoms with E-state index in [2.05, 4.69) is 15.2 Å². The minimum atomic E-state index is -0.102. The summed E-state index contributed by atoms with van der Waals surface area (Å²) < 4.78 is 0. The second kappa shape index (κ2) is 1.28. The van der Waals surface area contributed by atoms with Crippen LogP contribution >= 0.6 is 0 Å². The molecule has 0 aliphatic rings. The Hall–Kier alpha value is -1.45. The van der Waals surface area contributed by atoms with Crippen LogP contribution < -0.4 is 5.56 Å². The van der Waals surface area contributed by atoms with E-state index in [1.54, 1.807) is 12.3 Å². The Morgan fingerprint density at radius 1 is 1.33 bits per heavy atom. The highest BCUT2D eigenvalue weighted by Gasteiger charge is 1.97. The molecule has 0 atom stereocenters. The average Bonchev–Trinajstić information content (AvgIpc) is 2.35. The number of H-pyrrole nitrogens is 3. The summed E-state index contributed by atoms with van der Waals surface area (Å²) in [4.78, 5) is 13.5. The standard InChI is InChI=1S/C5H5N3O/c9-5-4-3(7-8-5)1-2-6-4/h1-2,6H,(H2,7,8,9). The molecule has 0 aromatic carbocycles. The number of aromatic nitrogens is 3. The van der Waals surface area contributed by atoms with E-state index in [4.69, 9.17) is 0 Å². The zero-order valence-electron chi connectivity index (χ0n) is 4.56. The Morgan fingerprint density at radius 3 is 3.00 bits per heavy atom. The molecule has 0 aliphatic carbocycles. The monoisotopic (exact) mass is 123 g/mol. The third kappa shape index (κ3) is 0.440. The summed E-state index contributed by atoms with van der Waals surface area (Å²) in [6, 6.07) is 1.80. The summed E-state index contributed by atoms with van der Waals surface area (Å²) in [5.41, 5.74) is 1.32. The first-order valence-corrected chi connectivity index (χ1v) is 2.61. The molecule has 2 heterocycles. The number of aromatic amines is 3. The fourth-order valence-corrected chi connectivity index (χ4v) is 0.848. The number of hydrogen-bond donors (Lipinski definition) is 3. The molecule has 0 radical (unpaired) electrons. The van der Waals surface area contributed by atoms with Gasteiger partial charge < -0.3 is 4.98 Å². The maximum absolute atomic E-state index is 10.7. The van der Waals surface area contributed by atoms with E-state index < -0.39 is 0 Å². The summed E-state index contributed by atoms with van der Waals surface area (Å²) in [5.74, 6) is 0. The molecule has 2 rings (SSSR count). The molecule has 0 bridgehead atoms. The van der Waals surface area contributed by atoms with Crippen LogP contribution in [-0.2, 0) is 0 Å². The maximum Gasteiger partial charge on any atom is 0.288 e. The van der Waals surface area contributed by atoms with Gasteiger partial charge in [0.05, 0.1) is 5.52 Å². The number of rotatable bonds is 0. The highest BCUT2D eigenvalue weighted by molar-refractivity contribution is 5.73. The van der Waals surface area contributed by atoms with Gasteiger partial charge in [-0.25, -0.2) is 0 Å². The van der Waals surface area contributed by atoms with Gasteiger partial charge in [0.25, 0.3) is 5.56 Å². The van der Waals surface area contributed by atoms with Crippen molar-refractivity contribution < 1.29 is 0 Å². The third-order valence-corrected chi connectivity index (χ3v) is 1.28. The number of nitrogens with one attached hydrogen (secondary N) is 3. The van der Waals surface area contributed by atoms with Gasteiger partial charge in [-0.15, -0.1) is 0 Å². The molecule has 4 heteroatoms. The minimum Gasteiger partial charge on any atom is -0.355 e. The molecule has 2 aromatic rings. The van der Waals surface area contributed by atoms with Gasteiger partial charge in [-0.05, 0) is 6.07 Å². The SMILES string of the molecule is O=c1[nH][nH]c2cc[nH]c12. The zero-order valence-corrected chi connectivity index (χ0v) is 4.56. The predicted molar refractivity (Wildman–Crippen MR) is 33.3 cm³/mol. The van der Waals surface area contributed by atoms with E-state index in [-0.39, 0.29) is 5.56 Å². The smallest absolute Gasteiger partial charge is 0.288 e. The van der Waals surface area contributed by atoms with Crippen LogP contribution in [0.15, 0.2) is 17.1 Å². The lowest BCUT2D eigenvalue weighted by Crippen LogP contribution is -1.97. The van der Waals surface area contributed by atoms with Crippen molar-refractivity contribution in [2.45, 2.75) is 0 Å². The largest absolute Gasteiger partial charge is 0.355 e. The van der Waals surface area contributed by atoms with Crippen LogP contribution in [-0.4, -0.2) is 15.2 Å². The van der Waals surface area contributed by atoms with Crippen LogP contribution in [0, 0.1) is 0 Å². The average molecular weight is 123 g/mol. The van der Waals surface area contributed by atoms with Crippen molar-refractivity contribution in [1.82, 2.24) is 15.2 Å². The highest BCUT2D eigenvalue weighted by atomic mass is 16.1. The molecule has 0 fully saturated rings. The molecule has 0 aliphatic heterocycles. The van der Waals surface area contributed by atoms with Crippen molar-refractivity contribution in [3.8, 4) is 0 Å². The molecule has 2 aromatic heterocycles. The Labute approximate surface area is 49.9 Å². The van der Waals surface area contributed by atoms with Gasteiger partial charge in [0, 0.05) is 6.20 Å². The first-order valence-electron chi connectivity index (χ1n) is 2.61. The molecule has 0 saturated carbocycles. The molecule has 4 nitrogen and oxygen atoms in total. The highest BCUT2D eigenvalue weighted by Crippen LogP contribution is 1.99. The Kier molecular flexibility index (Phi) is 0.631. The van der Waals surface area contributed by atoms with Crippen LogP contribution in [0.3, 0.4) is 0 Å². The predicted octanol–water partition coefficient (Wildman–Crippen LogP) is 0.184. The first kappa shape index (κ1) is 4.43.